The van der Waals surface area contributed by atoms with Gasteiger partial charge < -0.3 is 10.3 Å². The van der Waals surface area contributed by atoms with Crippen LogP contribution < -0.4 is 5.32 Å². The molecule has 0 spiro atoms. The average molecular weight is 460 g/mol. The van der Waals surface area contributed by atoms with Crippen molar-refractivity contribution in [1.82, 2.24) is 25.3 Å². The highest BCUT2D eigenvalue weighted by atomic mass is 14.9. The third-order valence-electron chi connectivity index (χ3n) is 5.95. The predicted molar refractivity (Wildman–Crippen MR) is 146 cm³/mol. The molecule has 0 fully saturated rings. The molecule has 35 heavy (non-hydrogen) atoms. The van der Waals surface area contributed by atoms with Crippen LogP contribution in [0.3, 0.4) is 0 Å². The van der Waals surface area contributed by atoms with Crippen molar-refractivity contribution in [2.75, 3.05) is 13.1 Å². The fourth-order valence-corrected chi connectivity index (χ4v) is 4.15. The van der Waals surface area contributed by atoms with Gasteiger partial charge in [0.2, 0.25) is 0 Å². The van der Waals surface area contributed by atoms with Gasteiger partial charge in [-0.25, -0.2) is 4.98 Å². The first kappa shape index (κ1) is 23.9. The molecule has 1 aromatic carbocycles. The highest BCUT2D eigenvalue weighted by Gasteiger charge is 2.12. The number of pyridine rings is 2. The molecule has 3 aromatic heterocycles. The van der Waals surface area contributed by atoms with Crippen LogP contribution in [0.5, 0.6) is 0 Å². The Balaban J connectivity index is 0.00000141. The molecule has 1 aliphatic heterocycles. The number of H-pyrrole nitrogens is 1. The summed E-state index contributed by atoms with van der Waals surface area (Å²) in [6, 6.07) is 10.7. The number of nitrogens with one attached hydrogen (secondary N) is 2. The summed E-state index contributed by atoms with van der Waals surface area (Å²) in [5.74, 6) is 0. The molecular weight excluding hydrogens is 430 g/mol. The van der Waals surface area contributed by atoms with Crippen molar-refractivity contribution in [3.05, 3.63) is 90.8 Å². The lowest BCUT2D eigenvalue weighted by molar-refractivity contribution is 0.897. The van der Waals surface area contributed by atoms with Crippen LogP contribution in [-0.2, 0) is 0 Å². The number of allylic oxidation sites excluding steroid dienone is 4. The van der Waals surface area contributed by atoms with Crippen LogP contribution in [-0.4, -0.2) is 33.0 Å². The normalized spacial score (nSPS) is 13.6. The summed E-state index contributed by atoms with van der Waals surface area (Å²) in [5, 5.41) is 4.44. The Morgan fingerprint density at radius 2 is 1.80 bits per heavy atom. The van der Waals surface area contributed by atoms with Crippen molar-refractivity contribution < 1.29 is 0 Å². The van der Waals surface area contributed by atoms with Gasteiger partial charge in [-0.15, -0.1) is 12.8 Å². The maximum atomic E-state index is 4.71. The molecule has 174 valence electrons. The Morgan fingerprint density at radius 3 is 2.60 bits per heavy atom. The van der Waals surface area contributed by atoms with Crippen molar-refractivity contribution >= 4 is 22.0 Å². The van der Waals surface area contributed by atoms with E-state index in [1.54, 1.807) is 6.33 Å². The lowest BCUT2D eigenvalue weighted by Gasteiger charge is -2.08. The van der Waals surface area contributed by atoms with E-state index in [4.69, 9.17) is 4.98 Å². The van der Waals surface area contributed by atoms with Crippen LogP contribution in [0.15, 0.2) is 79.6 Å². The molecule has 0 aliphatic carbocycles. The number of terminal acetylenes is 1. The maximum Gasteiger partial charge on any atom is 0.0932 e. The molecule has 0 unspecified atom stereocenters. The molecule has 4 heterocycles. The lowest BCUT2D eigenvalue weighted by Crippen LogP contribution is -2.07. The molecule has 1 aliphatic rings. The number of nitrogens with zero attached hydrogens (tertiary/aromatic N) is 3. The number of hydrogen-bond donors (Lipinski definition) is 2. The van der Waals surface area contributed by atoms with Gasteiger partial charge >= 0.3 is 0 Å². The standard InChI is InChI=1S/C28H27N5.C2H2/c1-3-4-5-6-19(2)27-28(33-18-32-27)20-7-8-26-22(11-20)12-25(17-31-26)24-13-23(15-30-16-24)21-9-10-29-14-21;1-2/h4-9,11-13,15-18,29H,3,10,14H2,1-2H3,(H,32,33);1-2H/b5-4-,19-6+;. The third kappa shape index (κ3) is 5.29. The number of aromatic nitrogens is 4. The van der Waals surface area contributed by atoms with Gasteiger partial charge in [-0.05, 0) is 54.3 Å². The molecule has 0 saturated carbocycles. The first-order valence-corrected chi connectivity index (χ1v) is 11.7. The first-order chi connectivity index (χ1) is 17.2. The quantitative estimate of drug-likeness (QED) is 0.263. The van der Waals surface area contributed by atoms with Crippen LogP contribution >= 0.6 is 0 Å². The molecule has 2 N–H and O–H groups in total. The monoisotopic (exact) mass is 459 g/mol. The fraction of sp³-hybridized carbons (Fsp3) is 0.167. The van der Waals surface area contributed by atoms with Gasteiger partial charge in [0.05, 0.1) is 23.2 Å². The molecule has 0 amide bonds. The molecule has 4 aromatic rings. The summed E-state index contributed by atoms with van der Waals surface area (Å²) in [6.07, 6.45) is 25.1. The van der Waals surface area contributed by atoms with Gasteiger partial charge in [-0.3, -0.25) is 9.97 Å². The molecule has 0 saturated heterocycles. The van der Waals surface area contributed by atoms with Crippen LogP contribution in [0.1, 0.15) is 31.5 Å². The van der Waals surface area contributed by atoms with Gasteiger partial charge in [0, 0.05) is 53.8 Å². The zero-order chi connectivity index (χ0) is 24.6. The van der Waals surface area contributed by atoms with Crippen molar-refractivity contribution in [2.45, 2.75) is 20.3 Å². The largest absolute Gasteiger partial charge is 0.344 e. The first-order valence-electron chi connectivity index (χ1n) is 11.7. The number of benzene rings is 1. The second-order valence-electron chi connectivity index (χ2n) is 8.27. The fourth-order valence-electron chi connectivity index (χ4n) is 4.15. The van der Waals surface area contributed by atoms with Crippen LogP contribution in [0.2, 0.25) is 0 Å². The molecule has 0 atom stereocenters. The van der Waals surface area contributed by atoms with Gasteiger partial charge in [0.25, 0.3) is 0 Å². The van der Waals surface area contributed by atoms with Gasteiger partial charge in [0.15, 0.2) is 0 Å². The number of imidazole rings is 1. The molecule has 0 bridgehead atoms. The summed E-state index contributed by atoms with van der Waals surface area (Å²) in [4.78, 5) is 17.1. The number of rotatable bonds is 6. The molecule has 5 heteroatoms. The topological polar surface area (TPSA) is 66.5 Å². The van der Waals surface area contributed by atoms with E-state index in [-0.39, 0.29) is 0 Å². The van der Waals surface area contributed by atoms with Crippen molar-refractivity contribution in [3.63, 3.8) is 0 Å². The van der Waals surface area contributed by atoms with E-state index in [1.807, 2.05) is 18.6 Å². The van der Waals surface area contributed by atoms with Crippen LogP contribution in [0, 0.1) is 12.8 Å². The Bertz CT molecular complexity index is 1440. The van der Waals surface area contributed by atoms with E-state index in [2.05, 4.69) is 102 Å². The van der Waals surface area contributed by atoms with E-state index in [0.717, 1.165) is 69.6 Å². The van der Waals surface area contributed by atoms with Crippen molar-refractivity contribution in [2.24, 2.45) is 0 Å². The van der Waals surface area contributed by atoms with Gasteiger partial charge in [-0.1, -0.05) is 37.3 Å². The summed E-state index contributed by atoms with van der Waals surface area (Å²) in [6.45, 7) is 6.03. The smallest absolute Gasteiger partial charge is 0.0932 e. The number of hydrogen-bond acceptors (Lipinski definition) is 4. The van der Waals surface area contributed by atoms with E-state index in [1.165, 1.54) is 5.57 Å². The van der Waals surface area contributed by atoms with Crippen molar-refractivity contribution in [3.8, 4) is 35.2 Å². The second-order valence-corrected chi connectivity index (χ2v) is 8.27. The minimum Gasteiger partial charge on any atom is -0.344 e. The lowest BCUT2D eigenvalue weighted by atomic mass is 10.0. The minimum atomic E-state index is 0.888. The number of aromatic amines is 1. The highest BCUT2D eigenvalue weighted by molar-refractivity contribution is 5.89. The summed E-state index contributed by atoms with van der Waals surface area (Å²) in [7, 11) is 0. The minimum absolute atomic E-state index is 0.888. The zero-order valence-electron chi connectivity index (χ0n) is 20.1. The average Bonchev–Trinajstić information content (AvgIpc) is 3.62. The van der Waals surface area contributed by atoms with E-state index in [0.29, 0.717) is 0 Å². The van der Waals surface area contributed by atoms with E-state index in [9.17, 15) is 0 Å². The van der Waals surface area contributed by atoms with Gasteiger partial charge in [-0.2, -0.15) is 0 Å². The zero-order valence-corrected chi connectivity index (χ0v) is 20.1. The Hall–Kier alpha value is -4.27. The summed E-state index contributed by atoms with van der Waals surface area (Å²) < 4.78 is 0. The molecule has 5 rings (SSSR count). The summed E-state index contributed by atoms with van der Waals surface area (Å²) in [5.41, 5.74) is 9.76. The predicted octanol–water partition coefficient (Wildman–Crippen LogP) is 6.29. The molecule has 5 nitrogen and oxygen atoms in total. The second kappa shape index (κ2) is 11.2. The van der Waals surface area contributed by atoms with Gasteiger partial charge in [0.1, 0.15) is 0 Å². The highest BCUT2D eigenvalue weighted by Crippen LogP contribution is 2.30. The Labute approximate surface area is 206 Å². The maximum absolute atomic E-state index is 4.71. The Kier molecular flexibility index (Phi) is 7.67. The van der Waals surface area contributed by atoms with E-state index >= 15 is 0 Å². The van der Waals surface area contributed by atoms with Crippen molar-refractivity contribution in [1.29, 1.82) is 0 Å². The summed E-state index contributed by atoms with van der Waals surface area (Å²) >= 11 is 0. The molecule has 0 radical (unpaired) electrons. The third-order valence-corrected chi connectivity index (χ3v) is 5.95. The SMILES string of the molecule is C#C.CC/C=C\C=C(/C)c1nc[nH]c1-c1ccc2ncc(-c3cncc(C4=CCNC4)c3)cc2c1. The Morgan fingerprint density at radius 1 is 1.00 bits per heavy atom. The van der Waals surface area contributed by atoms with E-state index < -0.39 is 0 Å². The van der Waals surface area contributed by atoms with Crippen LogP contribution in [0.4, 0.5) is 0 Å². The van der Waals surface area contributed by atoms with Crippen LogP contribution in [0.25, 0.3) is 44.4 Å². The molecular formula is C30H29N5. The number of fused-ring (bicyclic) bond motifs is 1.